The molecule has 0 aliphatic rings. The van der Waals surface area contributed by atoms with Crippen LogP contribution in [0.3, 0.4) is 0 Å². The number of carbonyl (C=O) groups excluding carboxylic acids is 1. The van der Waals surface area contributed by atoms with E-state index in [4.69, 9.17) is 9.47 Å². The Hall–Kier alpha value is -2.43. The quantitative estimate of drug-likeness (QED) is 0.653. The highest BCUT2D eigenvalue weighted by Gasteiger charge is 2.15. The van der Waals surface area contributed by atoms with Gasteiger partial charge in [0.05, 0.1) is 14.2 Å². The van der Waals surface area contributed by atoms with Crippen LogP contribution in [0.2, 0.25) is 0 Å². The zero-order valence-electron chi connectivity index (χ0n) is 9.97. The molecule has 0 bridgehead atoms. The van der Waals surface area contributed by atoms with Crippen LogP contribution in [-0.4, -0.2) is 25.5 Å². The van der Waals surface area contributed by atoms with E-state index in [2.05, 4.69) is 4.74 Å². The standard InChI is InChI=1S/C13H12O5/c1-16-11-7-10(18-13(15)17-2)8-5-3-4-6-9(8)12(11)14/h3-7,14H,1-2H3. The van der Waals surface area contributed by atoms with E-state index in [0.717, 1.165) is 0 Å². The second-order valence-corrected chi connectivity index (χ2v) is 3.53. The molecule has 0 saturated carbocycles. The van der Waals surface area contributed by atoms with E-state index < -0.39 is 6.16 Å². The number of carbonyl (C=O) groups is 1. The molecule has 94 valence electrons. The summed E-state index contributed by atoms with van der Waals surface area (Å²) >= 11 is 0. The van der Waals surface area contributed by atoms with Crippen molar-refractivity contribution >= 4 is 16.9 Å². The molecule has 0 spiro atoms. The molecule has 0 amide bonds. The van der Waals surface area contributed by atoms with Crippen molar-refractivity contribution in [3.05, 3.63) is 30.3 Å². The zero-order valence-corrected chi connectivity index (χ0v) is 9.97. The summed E-state index contributed by atoms with van der Waals surface area (Å²) in [7, 11) is 2.65. The second kappa shape index (κ2) is 4.83. The van der Waals surface area contributed by atoms with Crippen molar-refractivity contribution in [3.63, 3.8) is 0 Å². The maximum absolute atomic E-state index is 11.2. The summed E-state index contributed by atoms with van der Waals surface area (Å²) in [6.07, 6.45) is -0.826. The normalized spacial score (nSPS) is 10.1. The highest BCUT2D eigenvalue weighted by Crippen LogP contribution is 2.40. The van der Waals surface area contributed by atoms with Gasteiger partial charge in [0.1, 0.15) is 5.75 Å². The fraction of sp³-hybridized carbons (Fsp3) is 0.154. The molecule has 2 rings (SSSR count). The van der Waals surface area contributed by atoms with Gasteiger partial charge in [-0.05, 0) is 0 Å². The molecule has 5 nitrogen and oxygen atoms in total. The summed E-state index contributed by atoms with van der Waals surface area (Å²) in [4.78, 5) is 11.2. The van der Waals surface area contributed by atoms with Crippen LogP contribution < -0.4 is 9.47 Å². The van der Waals surface area contributed by atoms with E-state index in [0.29, 0.717) is 10.8 Å². The number of fused-ring (bicyclic) bond motifs is 1. The Labute approximate surface area is 104 Å². The van der Waals surface area contributed by atoms with Crippen LogP contribution in [0.25, 0.3) is 10.8 Å². The molecule has 0 atom stereocenters. The summed E-state index contributed by atoms with van der Waals surface area (Å²) < 4.78 is 14.5. The Morgan fingerprint density at radius 2 is 1.78 bits per heavy atom. The van der Waals surface area contributed by atoms with Gasteiger partial charge in [-0.2, -0.15) is 0 Å². The Morgan fingerprint density at radius 3 is 2.39 bits per heavy atom. The predicted molar refractivity (Wildman–Crippen MR) is 65.2 cm³/mol. The molecule has 1 N–H and O–H groups in total. The Bertz CT molecular complexity index is 591. The maximum Gasteiger partial charge on any atom is 0.513 e. The fourth-order valence-corrected chi connectivity index (χ4v) is 1.67. The van der Waals surface area contributed by atoms with E-state index in [1.54, 1.807) is 24.3 Å². The molecule has 5 heteroatoms. The molecule has 0 fully saturated rings. The molecule has 0 aliphatic heterocycles. The van der Waals surface area contributed by atoms with Gasteiger partial charge in [0, 0.05) is 16.8 Å². The number of benzene rings is 2. The van der Waals surface area contributed by atoms with Gasteiger partial charge >= 0.3 is 6.16 Å². The van der Waals surface area contributed by atoms with E-state index in [1.807, 2.05) is 0 Å². The number of phenolic OH excluding ortho intramolecular Hbond substituents is 1. The average Bonchev–Trinajstić information content (AvgIpc) is 2.41. The van der Waals surface area contributed by atoms with E-state index in [9.17, 15) is 9.90 Å². The molecule has 0 radical (unpaired) electrons. The van der Waals surface area contributed by atoms with E-state index >= 15 is 0 Å². The Kier molecular flexibility index (Phi) is 3.23. The van der Waals surface area contributed by atoms with Crippen molar-refractivity contribution in [1.82, 2.24) is 0 Å². The summed E-state index contributed by atoms with van der Waals surface area (Å²) in [5.74, 6) is 0.505. The first-order valence-electron chi connectivity index (χ1n) is 5.22. The van der Waals surface area contributed by atoms with Gasteiger partial charge in [-0.15, -0.1) is 0 Å². The Balaban J connectivity index is 2.64. The third-order valence-electron chi connectivity index (χ3n) is 2.52. The summed E-state index contributed by atoms with van der Waals surface area (Å²) in [5.41, 5.74) is 0. The minimum atomic E-state index is -0.826. The van der Waals surface area contributed by atoms with Crippen molar-refractivity contribution in [3.8, 4) is 17.2 Å². The van der Waals surface area contributed by atoms with Crippen LogP contribution in [0.5, 0.6) is 17.2 Å². The maximum atomic E-state index is 11.2. The third-order valence-corrected chi connectivity index (χ3v) is 2.52. The van der Waals surface area contributed by atoms with Crippen molar-refractivity contribution in [2.75, 3.05) is 14.2 Å². The molecular weight excluding hydrogens is 236 g/mol. The van der Waals surface area contributed by atoms with Gasteiger partial charge in [0.2, 0.25) is 0 Å². The van der Waals surface area contributed by atoms with E-state index in [-0.39, 0.29) is 17.2 Å². The van der Waals surface area contributed by atoms with Gasteiger partial charge in [-0.1, -0.05) is 24.3 Å². The summed E-state index contributed by atoms with van der Waals surface area (Å²) in [6, 6.07) is 8.42. The number of rotatable bonds is 2. The van der Waals surface area contributed by atoms with E-state index in [1.165, 1.54) is 20.3 Å². The molecule has 0 saturated heterocycles. The number of ether oxygens (including phenoxy) is 3. The molecule has 0 aromatic heterocycles. The minimum absolute atomic E-state index is 0.00492. The van der Waals surface area contributed by atoms with Crippen LogP contribution in [-0.2, 0) is 4.74 Å². The molecule has 18 heavy (non-hydrogen) atoms. The van der Waals surface area contributed by atoms with Crippen molar-refractivity contribution in [2.45, 2.75) is 0 Å². The van der Waals surface area contributed by atoms with Gasteiger partial charge < -0.3 is 19.3 Å². The second-order valence-electron chi connectivity index (χ2n) is 3.53. The largest absolute Gasteiger partial charge is 0.513 e. The van der Waals surface area contributed by atoms with Crippen LogP contribution in [0.1, 0.15) is 0 Å². The number of hydrogen-bond acceptors (Lipinski definition) is 5. The van der Waals surface area contributed by atoms with Crippen molar-refractivity contribution in [1.29, 1.82) is 0 Å². The smallest absolute Gasteiger partial charge is 0.504 e. The number of hydrogen-bond donors (Lipinski definition) is 1. The van der Waals surface area contributed by atoms with Crippen LogP contribution in [0.4, 0.5) is 4.79 Å². The lowest BCUT2D eigenvalue weighted by Gasteiger charge is -2.11. The molecule has 2 aromatic rings. The van der Waals surface area contributed by atoms with Gasteiger partial charge in [-0.3, -0.25) is 0 Å². The first kappa shape index (κ1) is 12.0. The summed E-state index contributed by atoms with van der Waals surface area (Å²) in [5, 5.41) is 11.1. The minimum Gasteiger partial charge on any atom is -0.504 e. The number of phenols is 1. The highest BCUT2D eigenvalue weighted by atomic mass is 16.7. The van der Waals surface area contributed by atoms with Crippen LogP contribution in [0, 0.1) is 0 Å². The SMILES string of the molecule is COC(=O)Oc1cc(OC)c(O)c2ccccc12. The van der Waals surface area contributed by atoms with Gasteiger partial charge in [0.25, 0.3) is 0 Å². The number of methoxy groups -OCH3 is 2. The third kappa shape index (κ3) is 2.02. The number of aromatic hydroxyl groups is 1. The van der Waals surface area contributed by atoms with Crippen molar-refractivity contribution < 1.29 is 24.1 Å². The monoisotopic (exact) mass is 248 g/mol. The first-order valence-corrected chi connectivity index (χ1v) is 5.22. The van der Waals surface area contributed by atoms with Crippen LogP contribution >= 0.6 is 0 Å². The van der Waals surface area contributed by atoms with Crippen LogP contribution in [0.15, 0.2) is 30.3 Å². The van der Waals surface area contributed by atoms with Crippen molar-refractivity contribution in [2.24, 2.45) is 0 Å². The lowest BCUT2D eigenvalue weighted by atomic mass is 10.1. The molecule has 0 aliphatic carbocycles. The summed E-state index contributed by atoms with van der Waals surface area (Å²) in [6.45, 7) is 0. The molecule has 0 unspecified atom stereocenters. The lowest BCUT2D eigenvalue weighted by Crippen LogP contribution is -2.07. The predicted octanol–water partition coefficient (Wildman–Crippen LogP) is 2.70. The Morgan fingerprint density at radius 1 is 1.11 bits per heavy atom. The fourth-order valence-electron chi connectivity index (χ4n) is 1.67. The first-order chi connectivity index (χ1) is 8.67. The molecule has 0 heterocycles. The lowest BCUT2D eigenvalue weighted by molar-refractivity contribution is 0.122. The van der Waals surface area contributed by atoms with Gasteiger partial charge in [-0.25, -0.2) is 4.79 Å². The molecular formula is C13H12O5. The molecule has 2 aromatic carbocycles. The zero-order chi connectivity index (χ0) is 13.1. The average molecular weight is 248 g/mol. The topological polar surface area (TPSA) is 65.0 Å². The van der Waals surface area contributed by atoms with Gasteiger partial charge in [0.15, 0.2) is 11.5 Å². The highest BCUT2D eigenvalue weighted by molar-refractivity contribution is 5.96.